The number of fused-ring (bicyclic) bond motifs is 2. The van der Waals surface area contributed by atoms with Gasteiger partial charge in [-0.15, -0.1) is 11.8 Å². The molecule has 0 saturated carbocycles. The number of pyridine rings is 2. The Morgan fingerprint density at radius 3 is 2.55 bits per heavy atom. The molecule has 1 aliphatic rings. The Morgan fingerprint density at radius 2 is 1.82 bits per heavy atom. The maximum absolute atomic E-state index is 12.7. The SMILES string of the molecule is CCC1(CC)C(=O)Nc2cc(C#Cc3nccc4cnc(Nc5ccc(SCC(F)(F)F)cc5C)cc34)ccc21. The van der Waals surface area contributed by atoms with Crippen LogP contribution in [-0.2, 0) is 10.2 Å². The van der Waals surface area contributed by atoms with Gasteiger partial charge in [-0.1, -0.05) is 25.8 Å². The number of anilines is 3. The number of thioether (sulfide) groups is 1. The Bertz CT molecular complexity index is 1670. The lowest BCUT2D eigenvalue weighted by Crippen LogP contribution is -2.32. The van der Waals surface area contributed by atoms with Crippen molar-refractivity contribution in [2.75, 3.05) is 16.4 Å². The van der Waals surface area contributed by atoms with Crippen molar-refractivity contribution in [3.8, 4) is 11.8 Å². The van der Waals surface area contributed by atoms with Gasteiger partial charge in [0.1, 0.15) is 11.5 Å². The van der Waals surface area contributed by atoms with E-state index in [9.17, 15) is 18.0 Å². The molecule has 1 aliphatic heterocycles. The van der Waals surface area contributed by atoms with Gasteiger partial charge >= 0.3 is 6.18 Å². The van der Waals surface area contributed by atoms with Crippen LogP contribution in [0.3, 0.4) is 0 Å². The highest BCUT2D eigenvalue weighted by atomic mass is 32.2. The number of alkyl halides is 3. The van der Waals surface area contributed by atoms with E-state index in [4.69, 9.17) is 0 Å². The normalized spacial score (nSPS) is 13.9. The van der Waals surface area contributed by atoms with Crippen LogP contribution in [0.5, 0.6) is 0 Å². The average Bonchev–Trinajstić information content (AvgIpc) is 3.22. The van der Waals surface area contributed by atoms with Crippen molar-refractivity contribution in [2.24, 2.45) is 0 Å². The van der Waals surface area contributed by atoms with E-state index >= 15 is 0 Å². The van der Waals surface area contributed by atoms with Crippen molar-refractivity contribution in [3.63, 3.8) is 0 Å². The third-order valence-corrected chi connectivity index (χ3v) is 8.32. The van der Waals surface area contributed by atoms with Crippen molar-refractivity contribution in [1.29, 1.82) is 0 Å². The molecule has 2 N–H and O–H groups in total. The summed E-state index contributed by atoms with van der Waals surface area (Å²) in [7, 11) is 0. The maximum Gasteiger partial charge on any atom is 0.398 e. The second kappa shape index (κ2) is 10.9. The Balaban J connectivity index is 1.40. The van der Waals surface area contributed by atoms with Gasteiger partial charge in [-0.2, -0.15) is 13.2 Å². The van der Waals surface area contributed by atoms with Crippen LogP contribution in [0.4, 0.5) is 30.4 Å². The van der Waals surface area contributed by atoms with Gasteiger partial charge in [-0.05, 0) is 79.3 Å². The molecule has 0 saturated heterocycles. The zero-order valence-electron chi connectivity index (χ0n) is 22.2. The van der Waals surface area contributed by atoms with Gasteiger partial charge in [0.25, 0.3) is 0 Å². The Hall–Kier alpha value is -4.03. The molecule has 3 heterocycles. The summed E-state index contributed by atoms with van der Waals surface area (Å²) in [6, 6.07) is 14.7. The van der Waals surface area contributed by atoms with E-state index in [2.05, 4.69) is 32.4 Å². The van der Waals surface area contributed by atoms with Crippen molar-refractivity contribution in [2.45, 2.75) is 50.1 Å². The molecule has 0 atom stereocenters. The number of halogens is 3. The fourth-order valence-electron chi connectivity index (χ4n) is 4.99. The number of hydrogen-bond donors (Lipinski definition) is 2. The van der Waals surface area contributed by atoms with E-state index in [0.717, 1.165) is 63.4 Å². The summed E-state index contributed by atoms with van der Waals surface area (Å²) in [6.45, 7) is 5.90. The predicted molar refractivity (Wildman–Crippen MR) is 154 cm³/mol. The summed E-state index contributed by atoms with van der Waals surface area (Å²) in [5, 5.41) is 7.96. The van der Waals surface area contributed by atoms with Gasteiger partial charge in [0, 0.05) is 45.0 Å². The minimum Gasteiger partial charge on any atom is -0.340 e. The highest BCUT2D eigenvalue weighted by Gasteiger charge is 2.43. The molecule has 204 valence electrons. The van der Waals surface area contributed by atoms with Gasteiger partial charge in [0.2, 0.25) is 5.91 Å². The van der Waals surface area contributed by atoms with Gasteiger partial charge in [-0.3, -0.25) is 4.79 Å². The highest BCUT2D eigenvalue weighted by molar-refractivity contribution is 7.99. The average molecular weight is 561 g/mol. The number of amides is 1. The predicted octanol–water partition coefficient (Wildman–Crippen LogP) is 7.75. The molecule has 0 bridgehead atoms. The van der Waals surface area contributed by atoms with E-state index in [1.807, 2.05) is 51.1 Å². The Kier molecular flexibility index (Phi) is 7.47. The maximum atomic E-state index is 12.7. The third-order valence-electron chi connectivity index (χ3n) is 7.26. The first-order valence-electron chi connectivity index (χ1n) is 12.9. The molecule has 5 nitrogen and oxygen atoms in total. The lowest BCUT2D eigenvalue weighted by atomic mass is 9.77. The van der Waals surface area contributed by atoms with Crippen LogP contribution < -0.4 is 10.6 Å². The van der Waals surface area contributed by atoms with Crippen molar-refractivity contribution >= 4 is 45.6 Å². The zero-order chi connectivity index (χ0) is 28.5. The summed E-state index contributed by atoms with van der Waals surface area (Å²) in [4.78, 5) is 22.2. The first kappa shape index (κ1) is 27.5. The molecule has 0 radical (unpaired) electrons. The summed E-state index contributed by atoms with van der Waals surface area (Å²) in [6.07, 6.45) is 0.665. The van der Waals surface area contributed by atoms with E-state index in [0.29, 0.717) is 16.4 Å². The van der Waals surface area contributed by atoms with Crippen LogP contribution in [-0.4, -0.2) is 27.8 Å². The van der Waals surface area contributed by atoms with E-state index in [1.165, 1.54) is 0 Å². The molecule has 2 aromatic carbocycles. The highest BCUT2D eigenvalue weighted by Crippen LogP contribution is 2.43. The fourth-order valence-corrected chi connectivity index (χ4v) is 5.75. The largest absolute Gasteiger partial charge is 0.398 e. The first-order valence-corrected chi connectivity index (χ1v) is 13.9. The van der Waals surface area contributed by atoms with Crippen LogP contribution in [0.2, 0.25) is 0 Å². The molecule has 5 rings (SSSR count). The smallest absolute Gasteiger partial charge is 0.340 e. The van der Waals surface area contributed by atoms with Crippen LogP contribution in [0.15, 0.2) is 65.8 Å². The second-order valence-corrected chi connectivity index (χ2v) is 10.8. The van der Waals surface area contributed by atoms with Gasteiger partial charge in [0.15, 0.2) is 0 Å². The molecule has 0 spiro atoms. The first-order chi connectivity index (χ1) is 19.1. The number of hydrogen-bond acceptors (Lipinski definition) is 5. The number of carbonyl (C=O) groups excluding carboxylic acids is 1. The minimum atomic E-state index is -4.22. The number of benzene rings is 2. The second-order valence-electron chi connectivity index (χ2n) is 9.71. The molecule has 40 heavy (non-hydrogen) atoms. The topological polar surface area (TPSA) is 66.9 Å². The Morgan fingerprint density at radius 1 is 1.02 bits per heavy atom. The van der Waals surface area contributed by atoms with Crippen LogP contribution in [0, 0.1) is 18.8 Å². The molecular formula is C31H27F3N4OS. The molecule has 4 aromatic rings. The van der Waals surface area contributed by atoms with E-state index < -0.39 is 17.3 Å². The molecule has 2 aromatic heterocycles. The van der Waals surface area contributed by atoms with Gasteiger partial charge < -0.3 is 10.6 Å². The fraction of sp³-hybridized carbons (Fsp3) is 0.258. The lowest BCUT2D eigenvalue weighted by molar-refractivity contribution is -0.121. The Labute approximate surface area is 235 Å². The summed E-state index contributed by atoms with van der Waals surface area (Å²) in [5.41, 5.74) is 4.23. The number of nitrogens with zero attached hydrogens (tertiary/aromatic N) is 2. The van der Waals surface area contributed by atoms with Crippen LogP contribution in [0.1, 0.15) is 49.1 Å². The number of rotatable bonds is 6. The minimum absolute atomic E-state index is 0.0331. The standard InChI is InChI=1S/C31H27F3N4OS/c1-4-30(5-2)24-9-6-20(15-27(24)38-29(30)39)7-10-26-23-16-28(36-17-21(23)12-13-35-26)37-25-11-8-22(14-19(25)3)40-18-31(32,33)34/h6,8-9,11-17H,4-5,18H2,1-3H3,(H,36,37)(H,38,39). The monoisotopic (exact) mass is 560 g/mol. The van der Waals surface area contributed by atoms with Crippen molar-refractivity contribution in [3.05, 3.63) is 83.3 Å². The summed E-state index contributed by atoms with van der Waals surface area (Å²) in [5.74, 6) is 6.02. The van der Waals surface area contributed by atoms with Crippen LogP contribution >= 0.6 is 11.8 Å². The molecule has 1 amide bonds. The van der Waals surface area contributed by atoms with Gasteiger partial charge in [-0.25, -0.2) is 9.97 Å². The molecule has 0 aliphatic carbocycles. The molecule has 0 unspecified atom stereocenters. The van der Waals surface area contributed by atoms with Crippen molar-refractivity contribution in [1.82, 2.24) is 9.97 Å². The number of aromatic nitrogens is 2. The lowest BCUT2D eigenvalue weighted by Gasteiger charge is -2.23. The number of nitrogens with one attached hydrogen (secondary N) is 2. The van der Waals surface area contributed by atoms with E-state index in [-0.39, 0.29) is 5.91 Å². The molecule has 0 fully saturated rings. The molecular weight excluding hydrogens is 533 g/mol. The zero-order valence-corrected chi connectivity index (χ0v) is 23.1. The van der Waals surface area contributed by atoms with Crippen LogP contribution in [0.25, 0.3) is 10.8 Å². The summed E-state index contributed by atoms with van der Waals surface area (Å²) < 4.78 is 37.7. The van der Waals surface area contributed by atoms with Crippen molar-refractivity contribution < 1.29 is 18.0 Å². The number of carbonyl (C=O) groups is 1. The number of aryl methyl sites for hydroxylation is 1. The third kappa shape index (κ3) is 5.50. The summed E-state index contributed by atoms with van der Waals surface area (Å²) >= 11 is 0.760. The van der Waals surface area contributed by atoms with Gasteiger partial charge in [0.05, 0.1) is 11.2 Å². The molecule has 9 heteroatoms. The quantitative estimate of drug-likeness (QED) is 0.187. The van der Waals surface area contributed by atoms with E-state index in [1.54, 1.807) is 30.6 Å².